The Morgan fingerprint density at radius 2 is 1.51 bits per heavy atom. The molecule has 2 heterocycles. The van der Waals surface area contributed by atoms with Crippen LogP contribution in [-0.4, -0.2) is 47.5 Å². The molecule has 4 atom stereocenters. The molecule has 1 aliphatic rings. The average Bonchev–Trinajstić information content (AvgIpc) is 3.41. The van der Waals surface area contributed by atoms with Crippen LogP contribution in [0.2, 0.25) is 0 Å². The van der Waals surface area contributed by atoms with Gasteiger partial charge in [0.2, 0.25) is 8.53 Å². The van der Waals surface area contributed by atoms with Crippen LogP contribution in [0, 0.1) is 6.92 Å². The summed E-state index contributed by atoms with van der Waals surface area (Å²) in [6.07, 6.45) is -0.585. The summed E-state index contributed by atoms with van der Waals surface area (Å²) >= 11 is 0. The minimum atomic E-state index is -2.24. The van der Waals surface area contributed by atoms with Gasteiger partial charge in [0.05, 0.1) is 26.9 Å². The number of nitrogens with zero attached hydrogens (tertiary/aromatic N) is 1. The maximum absolute atomic E-state index is 12.7. The van der Waals surface area contributed by atoms with Gasteiger partial charge in [0.15, 0.2) is 0 Å². The lowest BCUT2D eigenvalue weighted by Crippen LogP contribution is -2.38. The first-order chi connectivity index (χ1) is 20.7. The van der Waals surface area contributed by atoms with Gasteiger partial charge in [0.25, 0.3) is 5.56 Å². The van der Waals surface area contributed by atoms with E-state index in [4.69, 9.17) is 29.0 Å². The maximum atomic E-state index is 12.7. The van der Waals surface area contributed by atoms with Crippen LogP contribution in [0.15, 0.2) is 94.6 Å². The summed E-state index contributed by atoms with van der Waals surface area (Å²) in [6.45, 7) is 1.59. The lowest BCUT2D eigenvalue weighted by molar-refractivity contribution is -0.0915. The van der Waals surface area contributed by atoms with Crippen LogP contribution in [0.25, 0.3) is 0 Å². The minimum absolute atomic E-state index is 0.00558. The molecule has 1 fully saturated rings. The summed E-state index contributed by atoms with van der Waals surface area (Å²) in [6, 6.07) is 25.0. The molecule has 1 saturated heterocycles. The van der Waals surface area contributed by atoms with Crippen molar-refractivity contribution in [3.63, 3.8) is 0 Å². The number of hydrogen-bond acceptors (Lipinski definition) is 9. The lowest BCUT2D eigenvalue weighted by atomic mass is 9.80. The number of aromatic amines is 1. The van der Waals surface area contributed by atoms with Gasteiger partial charge >= 0.3 is 5.69 Å². The Morgan fingerprint density at radius 1 is 0.953 bits per heavy atom. The molecule has 12 heteroatoms. The Morgan fingerprint density at radius 3 is 2.05 bits per heavy atom. The smallest absolute Gasteiger partial charge is 0.330 e. The molecule has 1 aliphatic heterocycles. The predicted octanol–water partition coefficient (Wildman–Crippen LogP) is 3.72. The Bertz CT molecular complexity index is 1580. The van der Waals surface area contributed by atoms with Gasteiger partial charge in [0, 0.05) is 18.2 Å². The topological polar surface area (TPSA) is 147 Å². The number of aromatic nitrogens is 2. The monoisotopic (exact) mass is 607 g/mol. The second kappa shape index (κ2) is 13.2. The van der Waals surface area contributed by atoms with E-state index >= 15 is 0 Å². The van der Waals surface area contributed by atoms with Crippen molar-refractivity contribution >= 4 is 8.53 Å². The quantitative estimate of drug-likeness (QED) is 0.171. The number of aryl methyl sites for hydroxylation is 1. The third-order valence-electron chi connectivity index (χ3n) is 7.52. The van der Waals surface area contributed by atoms with E-state index < -0.39 is 43.8 Å². The molecule has 1 aromatic heterocycles. The fourth-order valence-corrected chi connectivity index (χ4v) is 5.85. The molecule has 5 rings (SSSR count). The molecule has 3 aromatic carbocycles. The molecule has 0 saturated carbocycles. The molecule has 4 aromatic rings. The highest BCUT2D eigenvalue weighted by molar-refractivity contribution is 7.43. The van der Waals surface area contributed by atoms with Gasteiger partial charge in [-0.2, -0.15) is 0 Å². The molecule has 0 bridgehead atoms. The zero-order chi connectivity index (χ0) is 30.6. The first-order valence-corrected chi connectivity index (χ1v) is 14.9. The number of hydrogen-bond donors (Lipinski definition) is 3. The van der Waals surface area contributed by atoms with Crippen molar-refractivity contribution in [2.75, 3.05) is 20.8 Å². The fourth-order valence-electron chi connectivity index (χ4n) is 5.35. The van der Waals surface area contributed by atoms with Gasteiger partial charge in [-0.05, 0) is 47.9 Å². The van der Waals surface area contributed by atoms with Crippen molar-refractivity contribution < 1.29 is 28.4 Å². The van der Waals surface area contributed by atoms with Crippen LogP contribution in [0.4, 0.5) is 0 Å². The summed E-state index contributed by atoms with van der Waals surface area (Å²) in [7, 11) is 0.979. The van der Waals surface area contributed by atoms with Crippen LogP contribution in [0.1, 0.15) is 34.9 Å². The van der Waals surface area contributed by atoms with Crippen LogP contribution < -0.4 is 26.2 Å². The molecule has 4 N–H and O–H groups in total. The van der Waals surface area contributed by atoms with Crippen LogP contribution in [0.5, 0.6) is 11.5 Å². The SMILES string of the molecule is COc1ccc(C(OC[C@H]2O[C@@H](n3cc(C)c(=O)[nH]c3=O)C[C@@H]2OP(N)O)(c2ccccc2)c2ccc(OC)cc2)cc1. The van der Waals surface area contributed by atoms with E-state index in [9.17, 15) is 14.5 Å². The van der Waals surface area contributed by atoms with Gasteiger partial charge < -0.3 is 28.4 Å². The van der Waals surface area contributed by atoms with Crippen molar-refractivity contribution in [1.29, 1.82) is 0 Å². The number of nitrogens with one attached hydrogen (secondary N) is 1. The summed E-state index contributed by atoms with van der Waals surface area (Å²) in [4.78, 5) is 36.9. The summed E-state index contributed by atoms with van der Waals surface area (Å²) in [5.74, 6) is 1.38. The van der Waals surface area contributed by atoms with E-state index in [1.54, 1.807) is 21.1 Å². The van der Waals surface area contributed by atoms with Crippen molar-refractivity contribution in [3.05, 3.63) is 128 Å². The number of nitrogens with two attached hydrogens (primary N) is 1. The Kier molecular flexibility index (Phi) is 9.41. The molecule has 1 unspecified atom stereocenters. The summed E-state index contributed by atoms with van der Waals surface area (Å²) < 4.78 is 31.1. The zero-order valence-electron chi connectivity index (χ0n) is 24.0. The second-order valence-electron chi connectivity index (χ2n) is 10.1. The molecule has 0 spiro atoms. The lowest BCUT2D eigenvalue weighted by Gasteiger charge is -2.37. The highest BCUT2D eigenvalue weighted by atomic mass is 31.2. The minimum Gasteiger partial charge on any atom is -0.497 e. The molecule has 11 nitrogen and oxygen atoms in total. The molecular formula is C31H34N3O8P. The number of H-pyrrole nitrogens is 1. The third-order valence-corrected chi connectivity index (χ3v) is 8.00. The Labute approximate surface area is 249 Å². The fraction of sp³-hybridized carbons (Fsp3) is 0.290. The van der Waals surface area contributed by atoms with E-state index in [1.165, 1.54) is 10.8 Å². The van der Waals surface area contributed by atoms with Gasteiger partial charge in [-0.15, -0.1) is 0 Å². The van der Waals surface area contributed by atoms with E-state index in [-0.39, 0.29) is 13.0 Å². The standard InChI is InChI=1S/C31H34N3O8P/c1-20-18-34(30(36)33-29(20)35)28-17-26(42-43(32)37)27(41-28)19-40-31(21-7-5-4-6-8-21,22-9-13-24(38-2)14-10-22)23-11-15-25(39-3)16-12-23/h4-16,18,26-28,37H,17,19,32H2,1-3H3,(H,33,35,36)/t26-,27+,28+,43?/m0/s1. The Hall–Kier alpha value is -3.83. The maximum Gasteiger partial charge on any atom is 0.330 e. The predicted molar refractivity (Wildman–Crippen MR) is 161 cm³/mol. The molecule has 0 amide bonds. The molecule has 0 radical (unpaired) electrons. The number of ether oxygens (including phenoxy) is 4. The highest BCUT2D eigenvalue weighted by Crippen LogP contribution is 2.43. The van der Waals surface area contributed by atoms with Crippen molar-refractivity contribution in [1.82, 2.24) is 9.55 Å². The molecular weight excluding hydrogens is 573 g/mol. The van der Waals surface area contributed by atoms with Crippen LogP contribution in [-0.2, 0) is 19.6 Å². The van der Waals surface area contributed by atoms with Gasteiger partial charge in [-0.3, -0.25) is 19.8 Å². The number of rotatable bonds is 11. The van der Waals surface area contributed by atoms with E-state index in [2.05, 4.69) is 4.98 Å². The Balaban J connectivity index is 1.57. The largest absolute Gasteiger partial charge is 0.497 e. The van der Waals surface area contributed by atoms with E-state index in [1.807, 2.05) is 78.9 Å². The summed E-state index contributed by atoms with van der Waals surface area (Å²) in [5.41, 5.74) is 6.31. The first-order valence-electron chi connectivity index (χ1n) is 13.6. The number of benzene rings is 3. The van der Waals surface area contributed by atoms with Crippen molar-refractivity contribution in [2.24, 2.45) is 5.50 Å². The van der Waals surface area contributed by atoms with Gasteiger partial charge in [0.1, 0.15) is 29.4 Å². The normalized spacial score (nSPS) is 19.2. The van der Waals surface area contributed by atoms with E-state index in [0.29, 0.717) is 17.1 Å². The van der Waals surface area contributed by atoms with E-state index in [0.717, 1.165) is 16.7 Å². The van der Waals surface area contributed by atoms with Crippen LogP contribution >= 0.6 is 8.53 Å². The molecule has 226 valence electrons. The summed E-state index contributed by atoms with van der Waals surface area (Å²) in [5, 5.41) is 0. The third kappa shape index (κ3) is 6.42. The molecule has 43 heavy (non-hydrogen) atoms. The number of methoxy groups -OCH3 is 2. The first kappa shape index (κ1) is 30.6. The average molecular weight is 608 g/mol. The zero-order valence-corrected chi connectivity index (χ0v) is 24.9. The van der Waals surface area contributed by atoms with Crippen LogP contribution in [0.3, 0.4) is 0 Å². The van der Waals surface area contributed by atoms with Gasteiger partial charge in [-0.25, -0.2) is 4.79 Å². The second-order valence-corrected chi connectivity index (χ2v) is 10.9. The molecule has 0 aliphatic carbocycles. The van der Waals surface area contributed by atoms with Crippen molar-refractivity contribution in [3.8, 4) is 11.5 Å². The van der Waals surface area contributed by atoms with Gasteiger partial charge in [-0.1, -0.05) is 54.6 Å². The highest BCUT2D eigenvalue weighted by Gasteiger charge is 2.43. The van der Waals surface area contributed by atoms with Crippen molar-refractivity contribution in [2.45, 2.75) is 37.4 Å².